The van der Waals surface area contributed by atoms with Crippen molar-refractivity contribution in [2.45, 2.75) is 64.8 Å². The van der Waals surface area contributed by atoms with E-state index in [2.05, 4.69) is 44.0 Å². The molecular weight excluding hydrogens is 701 g/mol. The molecule has 0 aliphatic heterocycles. The van der Waals surface area contributed by atoms with Crippen LogP contribution in [0.5, 0.6) is 0 Å². The Bertz CT molecular complexity index is 2170. The van der Waals surface area contributed by atoms with E-state index in [-0.39, 0.29) is 41.1 Å². The molecule has 0 amide bonds. The van der Waals surface area contributed by atoms with E-state index in [4.69, 9.17) is 26.1 Å². The first-order valence-corrected chi connectivity index (χ1v) is 25.4. The van der Waals surface area contributed by atoms with Crippen molar-refractivity contribution in [2.24, 2.45) is 0 Å². The molecule has 0 spiro atoms. The molecule has 0 aliphatic rings. The number of fused-ring (bicyclic) bond motifs is 6. The number of halogens is 2. The summed E-state index contributed by atoms with van der Waals surface area (Å²) in [6, 6.07) is 13.1. The molecule has 0 saturated heterocycles. The molecule has 0 saturated carbocycles. The molecule has 0 fully saturated rings. The lowest BCUT2D eigenvalue weighted by Crippen LogP contribution is -2.28. The van der Waals surface area contributed by atoms with E-state index in [0.717, 1.165) is 16.4 Å². The van der Waals surface area contributed by atoms with E-state index in [9.17, 15) is 13.2 Å². The number of rotatable bonds is 14. The maximum Gasteiger partial charge on any atom is 0.301 e. The molecule has 0 unspecified atom stereocenters. The summed E-state index contributed by atoms with van der Waals surface area (Å²) in [6.45, 7) is 14.7. The minimum atomic E-state index is -3.84. The zero-order chi connectivity index (χ0) is 35.9. The predicted molar refractivity (Wildman–Crippen MR) is 204 cm³/mol. The molecule has 10 nitrogen and oxygen atoms in total. The normalized spacial score (nSPS) is 13.0. The number of nitrogens with one attached hydrogen (secondary N) is 1. The molecule has 0 radical (unpaired) electrons. The Kier molecular flexibility index (Phi) is 10.8. The van der Waals surface area contributed by atoms with E-state index in [0.29, 0.717) is 45.8 Å². The number of anilines is 1. The van der Waals surface area contributed by atoms with Crippen molar-refractivity contribution < 1.29 is 22.3 Å². The van der Waals surface area contributed by atoms with Gasteiger partial charge in [0.05, 0.1) is 32.7 Å². The fraction of sp³-hybridized carbons (Fsp3) is 0.412. The third kappa shape index (κ3) is 8.27. The average molecular weight is 746 g/mol. The first kappa shape index (κ1) is 37.1. The number of pyridine rings is 1. The second kappa shape index (κ2) is 14.2. The summed E-state index contributed by atoms with van der Waals surface area (Å²) in [6.07, 6.45) is 1.68. The van der Waals surface area contributed by atoms with E-state index >= 15 is 4.39 Å². The van der Waals surface area contributed by atoms with Gasteiger partial charge in [0.1, 0.15) is 25.1 Å². The molecule has 0 aliphatic carbocycles. The highest BCUT2D eigenvalue weighted by molar-refractivity contribution is 7.90. The molecule has 15 heteroatoms. The van der Waals surface area contributed by atoms with Gasteiger partial charge in [-0.05, 0) is 47.8 Å². The Morgan fingerprint density at radius 2 is 1.57 bits per heavy atom. The lowest BCUT2D eigenvalue weighted by molar-refractivity contribution is 0.0851. The smallest absolute Gasteiger partial charge is 0.301 e. The highest BCUT2D eigenvalue weighted by Crippen LogP contribution is 2.39. The number of hydrogen-bond acceptors (Lipinski definition) is 6. The average Bonchev–Trinajstić information content (AvgIpc) is 3.36. The van der Waals surface area contributed by atoms with E-state index in [1.165, 1.54) is 30.8 Å². The van der Waals surface area contributed by atoms with Gasteiger partial charge in [-0.3, -0.25) is 18.7 Å². The fourth-order valence-electron chi connectivity index (χ4n) is 5.41. The summed E-state index contributed by atoms with van der Waals surface area (Å²) in [5, 5.41) is 2.15. The Balaban J connectivity index is 1.80. The summed E-state index contributed by atoms with van der Waals surface area (Å²) >= 11 is 6.60. The van der Waals surface area contributed by atoms with Crippen molar-refractivity contribution in [3.05, 3.63) is 69.9 Å². The standard InChI is InChI=1S/C34H45ClFN5O5SSi2/c1-39(2)47(43,44)38-23-12-13-24-26(20-23)29-25(14-15-40(34(29)42)21-45-16-18-48(3,4)5)32-31(24)37-33(30-27(35)10-9-11-28(30)36)41(32)22-46-17-19-49(6,7)8/h9-15,20,38H,16-19,21-22H2,1-8H3. The molecule has 49 heavy (non-hydrogen) atoms. The van der Waals surface area contributed by atoms with Crippen LogP contribution in [0, 0.1) is 5.82 Å². The third-order valence-corrected chi connectivity index (χ3v) is 13.5. The first-order valence-electron chi connectivity index (χ1n) is 16.2. The van der Waals surface area contributed by atoms with Crippen LogP contribution in [0.15, 0.2) is 53.5 Å². The van der Waals surface area contributed by atoms with E-state index in [1.807, 2.05) is 6.07 Å². The maximum atomic E-state index is 15.5. The van der Waals surface area contributed by atoms with Crippen molar-refractivity contribution >= 4 is 76.2 Å². The monoisotopic (exact) mass is 745 g/mol. The van der Waals surface area contributed by atoms with Crippen molar-refractivity contribution in [3.8, 4) is 11.4 Å². The minimum Gasteiger partial charge on any atom is -0.361 e. The minimum absolute atomic E-state index is 0.0468. The summed E-state index contributed by atoms with van der Waals surface area (Å²) in [4.78, 5) is 19.3. The molecule has 5 rings (SSSR count). The van der Waals surface area contributed by atoms with Gasteiger partial charge in [0, 0.05) is 60.4 Å². The largest absolute Gasteiger partial charge is 0.361 e. The van der Waals surface area contributed by atoms with Crippen LogP contribution >= 0.6 is 11.6 Å². The van der Waals surface area contributed by atoms with Crippen LogP contribution in [0.3, 0.4) is 0 Å². The van der Waals surface area contributed by atoms with Gasteiger partial charge in [0.25, 0.3) is 5.56 Å². The summed E-state index contributed by atoms with van der Waals surface area (Å²) in [5.41, 5.74) is 1.15. The first-order chi connectivity index (χ1) is 22.9. The van der Waals surface area contributed by atoms with Gasteiger partial charge in [-0.15, -0.1) is 0 Å². The topological polar surface area (TPSA) is 108 Å². The number of aromatic nitrogens is 3. The zero-order valence-electron chi connectivity index (χ0n) is 29.4. The van der Waals surface area contributed by atoms with Crippen LogP contribution in [0.4, 0.5) is 10.1 Å². The second-order valence-corrected chi connectivity index (χ2v) is 28.4. The SMILES string of the molecule is CN(C)S(=O)(=O)Nc1ccc2c(c1)c1c(=O)n(COCC[Si](C)(C)C)ccc1c1c2nc(-c2c(F)cccc2Cl)n1COCC[Si](C)(C)C. The van der Waals surface area contributed by atoms with Crippen molar-refractivity contribution in [1.29, 1.82) is 0 Å². The summed E-state index contributed by atoms with van der Waals surface area (Å²) in [5.74, 6) is -0.283. The van der Waals surface area contributed by atoms with Crippen LogP contribution in [0.25, 0.3) is 44.0 Å². The van der Waals surface area contributed by atoms with Gasteiger partial charge in [0.15, 0.2) is 0 Å². The Hall–Kier alpha value is -3.12. The van der Waals surface area contributed by atoms with Crippen LogP contribution in [-0.2, 0) is 33.1 Å². The maximum absolute atomic E-state index is 15.5. The van der Waals surface area contributed by atoms with Gasteiger partial charge < -0.3 is 9.47 Å². The summed E-state index contributed by atoms with van der Waals surface area (Å²) < 4.78 is 60.2. The molecule has 5 aromatic rings. The van der Waals surface area contributed by atoms with Gasteiger partial charge in [0.2, 0.25) is 0 Å². The van der Waals surface area contributed by atoms with Crippen LogP contribution in [-0.4, -0.2) is 70.3 Å². The van der Waals surface area contributed by atoms with Gasteiger partial charge in [-0.1, -0.05) is 63.0 Å². The van der Waals surface area contributed by atoms with Gasteiger partial charge in [-0.25, -0.2) is 9.37 Å². The number of imidazole rings is 1. The lowest BCUT2D eigenvalue weighted by atomic mass is 10.0. The second-order valence-electron chi connectivity index (χ2n) is 14.9. The van der Waals surface area contributed by atoms with Crippen molar-refractivity contribution in [3.63, 3.8) is 0 Å². The molecule has 0 atom stereocenters. The highest BCUT2D eigenvalue weighted by Gasteiger charge is 2.25. The molecule has 3 aromatic carbocycles. The van der Waals surface area contributed by atoms with Gasteiger partial charge in [-0.2, -0.15) is 12.7 Å². The molecule has 2 heterocycles. The molecule has 264 valence electrons. The quantitative estimate of drug-likeness (QED) is 0.0706. The summed E-state index contributed by atoms with van der Waals surface area (Å²) in [7, 11) is -3.74. The van der Waals surface area contributed by atoms with E-state index < -0.39 is 32.2 Å². The molecular formula is C34H45ClFN5O5SSi2. The Morgan fingerprint density at radius 1 is 0.918 bits per heavy atom. The van der Waals surface area contributed by atoms with Crippen LogP contribution in [0.1, 0.15) is 0 Å². The number of benzene rings is 3. The van der Waals surface area contributed by atoms with Crippen LogP contribution in [0.2, 0.25) is 56.4 Å². The van der Waals surface area contributed by atoms with Crippen LogP contribution < -0.4 is 10.3 Å². The van der Waals surface area contributed by atoms with Gasteiger partial charge >= 0.3 is 10.2 Å². The molecule has 1 N–H and O–H groups in total. The third-order valence-electron chi connectivity index (χ3n) is 8.29. The Labute approximate surface area is 294 Å². The van der Waals surface area contributed by atoms with E-state index in [1.54, 1.807) is 35.0 Å². The Morgan fingerprint density at radius 3 is 2.18 bits per heavy atom. The fourth-order valence-corrected chi connectivity index (χ4v) is 7.78. The van der Waals surface area contributed by atoms with Crippen molar-refractivity contribution in [1.82, 2.24) is 18.4 Å². The predicted octanol–water partition coefficient (Wildman–Crippen LogP) is 7.81. The lowest BCUT2D eigenvalue weighted by Gasteiger charge is -2.18. The molecule has 0 bridgehead atoms. The highest BCUT2D eigenvalue weighted by atomic mass is 35.5. The zero-order valence-corrected chi connectivity index (χ0v) is 32.9. The number of hydrogen-bond donors (Lipinski definition) is 1. The number of nitrogens with zero attached hydrogens (tertiary/aromatic N) is 4. The molecule has 2 aromatic heterocycles. The van der Waals surface area contributed by atoms with Crippen molar-refractivity contribution in [2.75, 3.05) is 32.0 Å². The number of ether oxygens (including phenoxy) is 2.